The third-order valence-electron chi connectivity index (χ3n) is 5.60. The molecular formula is C22H45N3. The summed E-state index contributed by atoms with van der Waals surface area (Å²) in [6, 6.07) is 0.522. The van der Waals surface area contributed by atoms with Crippen molar-refractivity contribution in [1.82, 2.24) is 4.90 Å². The molecule has 0 aromatic rings. The fourth-order valence-electron chi connectivity index (χ4n) is 3.84. The van der Waals surface area contributed by atoms with Crippen LogP contribution in [0, 0.1) is 0 Å². The minimum absolute atomic E-state index is 0.522. The molecule has 1 heterocycles. The van der Waals surface area contributed by atoms with Gasteiger partial charge >= 0.3 is 0 Å². The summed E-state index contributed by atoms with van der Waals surface area (Å²) in [4.78, 5) is 6.64. The Kier molecular flexibility index (Phi) is 15.2. The average Bonchev–Trinajstić information content (AvgIpc) is 3.16. The van der Waals surface area contributed by atoms with E-state index in [1.165, 1.54) is 103 Å². The van der Waals surface area contributed by atoms with Crippen molar-refractivity contribution in [3.63, 3.8) is 0 Å². The maximum Gasteiger partial charge on any atom is 0.0854 e. The lowest BCUT2D eigenvalue weighted by atomic mass is 10.0. The first-order valence-electron chi connectivity index (χ1n) is 11.3. The van der Waals surface area contributed by atoms with Crippen LogP contribution in [-0.4, -0.2) is 36.9 Å². The van der Waals surface area contributed by atoms with Crippen LogP contribution in [0.4, 0.5) is 0 Å². The lowest BCUT2D eigenvalue weighted by molar-refractivity contribution is 0.321. The second-order valence-corrected chi connectivity index (χ2v) is 7.89. The highest BCUT2D eigenvalue weighted by molar-refractivity contribution is 5.57. The third kappa shape index (κ3) is 12.4. The van der Waals surface area contributed by atoms with Crippen LogP contribution < -0.4 is 5.73 Å². The molecule has 0 amide bonds. The van der Waals surface area contributed by atoms with E-state index in [0.717, 1.165) is 19.6 Å². The first-order chi connectivity index (χ1) is 12.4. The molecule has 0 radical (unpaired) electrons. The molecule has 0 bridgehead atoms. The van der Waals surface area contributed by atoms with Gasteiger partial charge in [0.2, 0.25) is 0 Å². The smallest absolute Gasteiger partial charge is 0.0854 e. The Balaban J connectivity index is 1.76. The van der Waals surface area contributed by atoms with Crippen LogP contribution in [0.3, 0.4) is 0 Å². The van der Waals surface area contributed by atoms with Crippen molar-refractivity contribution in [2.45, 2.75) is 116 Å². The second kappa shape index (κ2) is 16.9. The molecule has 0 fully saturated rings. The molecule has 0 aliphatic carbocycles. The maximum atomic E-state index is 5.91. The number of hydrogen-bond acceptors (Lipinski definition) is 3. The van der Waals surface area contributed by atoms with E-state index >= 15 is 0 Å². The molecule has 1 atom stereocenters. The maximum absolute atomic E-state index is 5.91. The Morgan fingerprint density at radius 2 is 1.28 bits per heavy atom. The van der Waals surface area contributed by atoms with Gasteiger partial charge in [0.15, 0.2) is 0 Å². The van der Waals surface area contributed by atoms with Crippen LogP contribution in [0.5, 0.6) is 0 Å². The van der Waals surface area contributed by atoms with Crippen LogP contribution in [0.25, 0.3) is 0 Å². The van der Waals surface area contributed by atoms with Crippen molar-refractivity contribution in [3.05, 3.63) is 0 Å². The van der Waals surface area contributed by atoms with Gasteiger partial charge in [0.05, 0.1) is 12.9 Å². The van der Waals surface area contributed by atoms with Gasteiger partial charge in [-0.15, -0.1) is 0 Å². The summed E-state index contributed by atoms with van der Waals surface area (Å²) >= 11 is 0. The van der Waals surface area contributed by atoms with Crippen molar-refractivity contribution in [1.29, 1.82) is 0 Å². The van der Waals surface area contributed by atoms with Crippen molar-refractivity contribution in [2.24, 2.45) is 10.7 Å². The molecule has 1 aliphatic heterocycles. The van der Waals surface area contributed by atoms with E-state index < -0.39 is 0 Å². The Hall–Kier alpha value is -0.570. The van der Waals surface area contributed by atoms with Crippen molar-refractivity contribution >= 4 is 6.34 Å². The van der Waals surface area contributed by atoms with Gasteiger partial charge in [0.25, 0.3) is 0 Å². The van der Waals surface area contributed by atoms with Crippen molar-refractivity contribution in [2.75, 3.05) is 19.6 Å². The number of aliphatic imine (C=N–C) groups is 1. The highest BCUT2D eigenvalue weighted by Crippen LogP contribution is 2.15. The molecule has 148 valence electrons. The first kappa shape index (κ1) is 22.5. The standard InChI is InChI=1S/C22H45N3/c1-2-3-4-5-6-7-8-9-10-11-12-13-14-15-16-17-22(20-23)25-19-18-24-21-25/h21-22H,2-20,23H2,1H3. The molecule has 1 rings (SSSR count). The molecule has 0 saturated heterocycles. The number of rotatable bonds is 18. The Labute approximate surface area is 157 Å². The van der Waals surface area contributed by atoms with Gasteiger partial charge in [-0.2, -0.15) is 0 Å². The van der Waals surface area contributed by atoms with E-state index in [1.54, 1.807) is 0 Å². The number of nitrogens with two attached hydrogens (primary N) is 1. The largest absolute Gasteiger partial charge is 0.357 e. The topological polar surface area (TPSA) is 41.6 Å². The van der Waals surface area contributed by atoms with E-state index in [-0.39, 0.29) is 0 Å². The zero-order valence-corrected chi connectivity index (χ0v) is 17.1. The summed E-state index contributed by atoms with van der Waals surface area (Å²) in [6.45, 7) is 5.08. The molecule has 0 saturated carbocycles. The minimum Gasteiger partial charge on any atom is -0.357 e. The zero-order chi connectivity index (χ0) is 18.0. The summed E-state index contributed by atoms with van der Waals surface area (Å²) in [5, 5.41) is 0. The summed E-state index contributed by atoms with van der Waals surface area (Å²) in [5.74, 6) is 0. The fraction of sp³-hybridized carbons (Fsp3) is 0.955. The van der Waals surface area contributed by atoms with Crippen LogP contribution in [0.2, 0.25) is 0 Å². The molecule has 0 spiro atoms. The van der Waals surface area contributed by atoms with E-state index in [9.17, 15) is 0 Å². The Morgan fingerprint density at radius 1 is 0.800 bits per heavy atom. The molecule has 3 nitrogen and oxygen atoms in total. The third-order valence-corrected chi connectivity index (χ3v) is 5.60. The van der Waals surface area contributed by atoms with Crippen molar-refractivity contribution < 1.29 is 0 Å². The Bertz CT molecular complexity index is 304. The van der Waals surface area contributed by atoms with Gasteiger partial charge in [-0.1, -0.05) is 103 Å². The van der Waals surface area contributed by atoms with E-state index in [0.29, 0.717) is 6.04 Å². The van der Waals surface area contributed by atoms with E-state index in [2.05, 4.69) is 16.8 Å². The minimum atomic E-state index is 0.522. The lowest BCUT2D eigenvalue weighted by Gasteiger charge is -2.25. The van der Waals surface area contributed by atoms with E-state index in [1.807, 2.05) is 6.34 Å². The summed E-state index contributed by atoms with van der Waals surface area (Å²) < 4.78 is 0. The van der Waals surface area contributed by atoms with Crippen LogP contribution in [-0.2, 0) is 0 Å². The summed E-state index contributed by atoms with van der Waals surface area (Å²) in [6.07, 6.45) is 24.7. The SMILES string of the molecule is CCCCCCCCCCCCCCCCCC(CN)N1C=NCC1. The molecule has 0 aromatic carbocycles. The van der Waals surface area contributed by atoms with Gasteiger partial charge in [-0.05, 0) is 6.42 Å². The molecule has 0 aromatic heterocycles. The normalized spacial score (nSPS) is 15.2. The highest BCUT2D eigenvalue weighted by Gasteiger charge is 2.15. The van der Waals surface area contributed by atoms with Gasteiger partial charge in [0, 0.05) is 19.1 Å². The molecular weight excluding hydrogens is 306 g/mol. The summed E-state index contributed by atoms with van der Waals surface area (Å²) in [5.41, 5.74) is 5.91. The highest BCUT2D eigenvalue weighted by atomic mass is 15.2. The van der Waals surface area contributed by atoms with Crippen molar-refractivity contribution in [3.8, 4) is 0 Å². The van der Waals surface area contributed by atoms with Crippen LogP contribution in [0.1, 0.15) is 110 Å². The fourth-order valence-corrected chi connectivity index (χ4v) is 3.84. The van der Waals surface area contributed by atoms with Gasteiger partial charge in [0.1, 0.15) is 0 Å². The second-order valence-electron chi connectivity index (χ2n) is 7.89. The quantitative estimate of drug-likeness (QED) is 0.311. The van der Waals surface area contributed by atoms with Gasteiger partial charge < -0.3 is 10.6 Å². The van der Waals surface area contributed by atoms with Gasteiger partial charge in [-0.25, -0.2) is 0 Å². The lowest BCUT2D eigenvalue weighted by Crippen LogP contribution is -2.38. The first-order valence-corrected chi connectivity index (χ1v) is 11.3. The predicted molar refractivity (Wildman–Crippen MR) is 112 cm³/mol. The van der Waals surface area contributed by atoms with Gasteiger partial charge in [-0.3, -0.25) is 4.99 Å². The number of nitrogens with zero attached hydrogens (tertiary/aromatic N) is 2. The van der Waals surface area contributed by atoms with E-state index in [4.69, 9.17) is 5.73 Å². The zero-order valence-electron chi connectivity index (χ0n) is 17.1. The molecule has 1 aliphatic rings. The monoisotopic (exact) mass is 351 g/mol. The Morgan fingerprint density at radius 3 is 1.68 bits per heavy atom. The number of hydrogen-bond donors (Lipinski definition) is 1. The predicted octanol–water partition coefficient (Wildman–Crippen LogP) is 5.92. The molecule has 2 N–H and O–H groups in total. The molecule has 1 unspecified atom stereocenters. The molecule has 25 heavy (non-hydrogen) atoms. The van der Waals surface area contributed by atoms with Crippen LogP contribution >= 0.6 is 0 Å². The van der Waals surface area contributed by atoms with Crippen LogP contribution in [0.15, 0.2) is 4.99 Å². The average molecular weight is 352 g/mol. The molecule has 3 heteroatoms. The summed E-state index contributed by atoms with van der Waals surface area (Å²) in [7, 11) is 0. The number of unbranched alkanes of at least 4 members (excludes halogenated alkanes) is 14.